The molecule has 3 fully saturated rings. The average molecular weight is 483 g/mol. The monoisotopic (exact) mass is 482 g/mol. The lowest BCUT2D eigenvalue weighted by atomic mass is 9.79. The zero-order chi connectivity index (χ0) is 23.7. The maximum absolute atomic E-state index is 13.0. The Morgan fingerprint density at radius 1 is 1.21 bits per heavy atom. The number of carbonyl (C=O) groups is 4. The molecule has 0 aromatic heterocycles. The Labute approximate surface area is 196 Å². The molecule has 0 bridgehead atoms. The van der Waals surface area contributed by atoms with Crippen molar-refractivity contribution < 1.29 is 38.5 Å². The number of thioether (sulfide) groups is 1. The highest BCUT2D eigenvalue weighted by molar-refractivity contribution is 8.03. The lowest BCUT2D eigenvalue weighted by molar-refractivity contribution is -0.167. The predicted molar refractivity (Wildman–Crippen MR) is 116 cm³/mol. The fourth-order valence-corrected chi connectivity index (χ4v) is 6.47. The van der Waals surface area contributed by atoms with Gasteiger partial charge in [-0.1, -0.05) is 13.3 Å². The zero-order valence-corrected chi connectivity index (χ0v) is 19.6. The van der Waals surface area contributed by atoms with Gasteiger partial charge in [0.15, 0.2) is 0 Å². The van der Waals surface area contributed by atoms with E-state index in [-0.39, 0.29) is 40.8 Å². The fraction of sp³-hybridized carbons (Fsp3) is 0.727. The molecule has 4 aliphatic rings. The van der Waals surface area contributed by atoms with E-state index in [0.29, 0.717) is 17.9 Å². The highest BCUT2D eigenvalue weighted by Gasteiger charge is 2.60. The smallest absolute Gasteiger partial charge is 0.431 e. The van der Waals surface area contributed by atoms with Crippen LogP contribution in [0.2, 0.25) is 0 Å². The van der Waals surface area contributed by atoms with Crippen LogP contribution in [0.4, 0.5) is 4.79 Å². The normalized spacial score (nSPS) is 30.5. The van der Waals surface area contributed by atoms with Crippen LogP contribution in [-0.4, -0.2) is 70.8 Å². The van der Waals surface area contributed by atoms with Gasteiger partial charge in [0.05, 0.1) is 18.1 Å². The second-order valence-corrected chi connectivity index (χ2v) is 10.4. The Morgan fingerprint density at radius 2 is 1.94 bits per heavy atom. The van der Waals surface area contributed by atoms with Gasteiger partial charge in [0, 0.05) is 29.0 Å². The van der Waals surface area contributed by atoms with Gasteiger partial charge >= 0.3 is 12.1 Å². The molecule has 4 rings (SSSR count). The number of rotatable bonds is 7. The number of β-lactam (4-membered cyclic amide) rings is 1. The van der Waals surface area contributed by atoms with Gasteiger partial charge < -0.3 is 29.5 Å². The van der Waals surface area contributed by atoms with Crippen molar-refractivity contribution in [1.29, 1.82) is 0 Å². The quantitative estimate of drug-likeness (QED) is 0.316. The summed E-state index contributed by atoms with van der Waals surface area (Å²) < 4.78 is 15.3. The van der Waals surface area contributed by atoms with Crippen LogP contribution in [0, 0.1) is 11.8 Å². The molecule has 1 saturated carbocycles. The lowest BCUT2D eigenvalue weighted by Crippen LogP contribution is -2.63. The number of nitrogens with one attached hydrogen (secondary N) is 1. The summed E-state index contributed by atoms with van der Waals surface area (Å²) in [6, 6.07) is -0.357. The average Bonchev–Trinajstić information content (AvgIpc) is 3.28. The summed E-state index contributed by atoms with van der Waals surface area (Å²) in [6.45, 7) is 3.29. The number of esters is 1. The summed E-state index contributed by atoms with van der Waals surface area (Å²) in [5.74, 6) is -2.00. The van der Waals surface area contributed by atoms with Gasteiger partial charge in [-0.05, 0) is 32.6 Å². The molecule has 10 nitrogen and oxygen atoms in total. The summed E-state index contributed by atoms with van der Waals surface area (Å²) in [4.78, 5) is 51.2. The number of carbonyl (C=O) groups excluding carboxylic acids is 4. The van der Waals surface area contributed by atoms with Gasteiger partial charge in [-0.15, -0.1) is 11.8 Å². The van der Waals surface area contributed by atoms with Gasteiger partial charge in [0.2, 0.25) is 18.6 Å². The fourth-order valence-electron chi connectivity index (χ4n) is 5.06. The Hall–Kier alpha value is -2.27. The van der Waals surface area contributed by atoms with Crippen molar-refractivity contribution >= 4 is 35.7 Å². The van der Waals surface area contributed by atoms with E-state index in [1.165, 1.54) is 16.7 Å². The first-order chi connectivity index (χ1) is 15.8. The van der Waals surface area contributed by atoms with Crippen LogP contribution < -0.4 is 5.32 Å². The van der Waals surface area contributed by atoms with E-state index in [9.17, 15) is 24.3 Å². The number of hydrogen-bond acceptors (Lipinski definition) is 9. The van der Waals surface area contributed by atoms with Crippen molar-refractivity contribution in [2.45, 2.75) is 75.9 Å². The second-order valence-electron chi connectivity index (χ2n) is 9.04. The van der Waals surface area contributed by atoms with E-state index in [4.69, 9.17) is 14.2 Å². The van der Waals surface area contributed by atoms with Gasteiger partial charge in [-0.25, -0.2) is 9.59 Å². The van der Waals surface area contributed by atoms with Crippen molar-refractivity contribution in [3.63, 3.8) is 0 Å². The Bertz CT molecular complexity index is 853. The molecule has 3 heterocycles. The zero-order valence-electron chi connectivity index (χ0n) is 18.8. The van der Waals surface area contributed by atoms with E-state index in [1.807, 2.05) is 6.92 Å². The van der Waals surface area contributed by atoms with E-state index in [2.05, 4.69) is 5.32 Å². The number of aliphatic hydroxyl groups is 1. The minimum atomic E-state index is -0.888. The van der Waals surface area contributed by atoms with Crippen LogP contribution in [0.1, 0.15) is 52.4 Å². The van der Waals surface area contributed by atoms with Crippen molar-refractivity contribution in [1.82, 2.24) is 10.2 Å². The SMILES string of the molecule is C[C@@H](O)[C@H]1C(=O)N2C(C(=O)OCOC(=O)OC3CCCCC3)=C(S[C@H]3CNC(=O)C3)[C@H](C)[C@H]12. The first-order valence-electron chi connectivity index (χ1n) is 11.5. The Morgan fingerprint density at radius 3 is 2.58 bits per heavy atom. The maximum Gasteiger partial charge on any atom is 0.511 e. The minimum absolute atomic E-state index is 0.0611. The minimum Gasteiger partial charge on any atom is -0.431 e. The number of amides is 2. The third kappa shape index (κ3) is 4.84. The van der Waals surface area contributed by atoms with E-state index >= 15 is 0 Å². The molecule has 0 radical (unpaired) electrons. The number of ether oxygens (including phenoxy) is 3. The molecule has 0 spiro atoms. The summed E-state index contributed by atoms with van der Waals surface area (Å²) in [5.41, 5.74) is 0.1000. The third-order valence-electron chi connectivity index (χ3n) is 6.72. The van der Waals surface area contributed by atoms with Gasteiger partial charge in [0.1, 0.15) is 11.8 Å². The Kier molecular flexibility index (Phi) is 7.18. The summed E-state index contributed by atoms with van der Waals surface area (Å²) >= 11 is 1.38. The van der Waals surface area contributed by atoms with Crippen LogP contribution in [0.25, 0.3) is 0 Å². The molecule has 2 amide bonds. The summed E-state index contributed by atoms with van der Waals surface area (Å²) in [7, 11) is 0. The molecular weight excluding hydrogens is 452 g/mol. The number of hydrogen-bond donors (Lipinski definition) is 2. The number of aliphatic hydroxyl groups excluding tert-OH is 1. The standard InChI is InChI=1S/C22H30N2O8S/c1-11-17-16(12(2)25)20(27)24(17)18(19(11)33-14-8-15(26)23-9-14)21(28)30-10-31-22(29)32-13-6-4-3-5-7-13/h11-14,16-17,25H,3-10H2,1-2H3,(H,23,26)/t11-,12-,14-,16-,17-/m1/s1. The van der Waals surface area contributed by atoms with Crippen LogP contribution in [0.15, 0.2) is 10.6 Å². The third-order valence-corrected chi connectivity index (χ3v) is 8.20. The molecule has 2 N–H and O–H groups in total. The molecule has 3 aliphatic heterocycles. The lowest BCUT2D eigenvalue weighted by Gasteiger charge is -2.46. The molecule has 182 valence electrons. The molecule has 5 atom stereocenters. The number of fused-ring (bicyclic) bond motifs is 1. The van der Waals surface area contributed by atoms with Crippen LogP contribution in [0.5, 0.6) is 0 Å². The summed E-state index contributed by atoms with van der Waals surface area (Å²) in [6.07, 6.45) is 3.11. The van der Waals surface area contributed by atoms with Gasteiger partial charge in [-0.3, -0.25) is 9.59 Å². The molecule has 1 aliphatic carbocycles. The molecule has 0 unspecified atom stereocenters. The molecular formula is C22H30N2O8S. The first kappa shape index (κ1) is 23.9. The molecule has 0 aromatic rings. The van der Waals surface area contributed by atoms with E-state index in [0.717, 1.165) is 32.1 Å². The molecule has 2 saturated heterocycles. The second kappa shape index (κ2) is 9.92. The van der Waals surface area contributed by atoms with Crippen molar-refractivity contribution in [2.75, 3.05) is 13.3 Å². The van der Waals surface area contributed by atoms with Crippen molar-refractivity contribution in [3.05, 3.63) is 10.6 Å². The van der Waals surface area contributed by atoms with Crippen LogP contribution in [-0.2, 0) is 28.6 Å². The van der Waals surface area contributed by atoms with Crippen LogP contribution in [0.3, 0.4) is 0 Å². The van der Waals surface area contributed by atoms with E-state index < -0.39 is 30.9 Å². The van der Waals surface area contributed by atoms with Crippen molar-refractivity contribution in [3.8, 4) is 0 Å². The maximum atomic E-state index is 13.0. The van der Waals surface area contributed by atoms with E-state index in [1.54, 1.807) is 6.92 Å². The van der Waals surface area contributed by atoms with Crippen LogP contribution >= 0.6 is 11.8 Å². The highest BCUT2D eigenvalue weighted by atomic mass is 32.2. The molecule has 11 heteroatoms. The number of nitrogens with zero attached hydrogens (tertiary/aromatic N) is 1. The van der Waals surface area contributed by atoms with Crippen molar-refractivity contribution in [2.24, 2.45) is 11.8 Å². The predicted octanol–water partition coefficient (Wildman–Crippen LogP) is 1.66. The largest absolute Gasteiger partial charge is 0.511 e. The Balaban J connectivity index is 1.41. The topological polar surface area (TPSA) is 131 Å². The molecule has 33 heavy (non-hydrogen) atoms. The summed E-state index contributed by atoms with van der Waals surface area (Å²) in [5, 5.41) is 12.8. The first-order valence-corrected chi connectivity index (χ1v) is 12.3. The molecule has 0 aromatic carbocycles. The van der Waals surface area contributed by atoms with Gasteiger partial charge in [0.25, 0.3) is 0 Å². The van der Waals surface area contributed by atoms with Gasteiger partial charge in [-0.2, -0.15) is 0 Å². The highest BCUT2D eigenvalue weighted by Crippen LogP contribution is 2.51.